The van der Waals surface area contributed by atoms with Gasteiger partial charge in [0.15, 0.2) is 6.29 Å². The fourth-order valence-corrected chi connectivity index (χ4v) is 2.45. The Labute approximate surface area is 130 Å². The number of rotatable bonds is 6. The van der Waals surface area contributed by atoms with Gasteiger partial charge in [-0.1, -0.05) is 17.3 Å². The van der Waals surface area contributed by atoms with Crippen molar-refractivity contribution in [2.45, 2.75) is 38.7 Å². The molecule has 3 rings (SSSR count). The van der Waals surface area contributed by atoms with Gasteiger partial charge in [-0.3, -0.25) is 0 Å². The Bertz CT molecular complexity index is 577. The summed E-state index contributed by atoms with van der Waals surface area (Å²) in [7, 11) is 1.66. The molecular formula is C16H21N3O3. The quantitative estimate of drug-likeness (QED) is 0.820. The molecule has 0 bridgehead atoms. The summed E-state index contributed by atoms with van der Waals surface area (Å²) in [6.45, 7) is 1.91. The van der Waals surface area contributed by atoms with E-state index in [0.29, 0.717) is 13.2 Å². The van der Waals surface area contributed by atoms with E-state index in [0.717, 1.165) is 42.9 Å². The molecule has 0 N–H and O–H groups in total. The van der Waals surface area contributed by atoms with Crippen LogP contribution in [0, 0.1) is 0 Å². The molecule has 1 aliphatic heterocycles. The van der Waals surface area contributed by atoms with Crippen LogP contribution in [0.2, 0.25) is 0 Å². The predicted octanol–water partition coefficient (Wildman–Crippen LogP) is 2.38. The van der Waals surface area contributed by atoms with Gasteiger partial charge >= 0.3 is 0 Å². The highest BCUT2D eigenvalue weighted by Crippen LogP contribution is 2.16. The minimum absolute atomic E-state index is 0.0990. The number of benzene rings is 1. The van der Waals surface area contributed by atoms with Crippen LogP contribution < -0.4 is 4.74 Å². The van der Waals surface area contributed by atoms with Crippen LogP contribution in [0.25, 0.3) is 0 Å². The van der Waals surface area contributed by atoms with Gasteiger partial charge in [-0.15, -0.1) is 5.10 Å². The maximum Gasteiger partial charge on any atom is 0.158 e. The van der Waals surface area contributed by atoms with Crippen LogP contribution in [0.5, 0.6) is 5.75 Å². The summed E-state index contributed by atoms with van der Waals surface area (Å²) in [5.74, 6) is 0.848. The van der Waals surface area contributed by atoms with E-state index in [1.165, 1.54) is 0 Å². The average Bonchev–Trinajstić information content (AvgIpc) is 3.02. The maximum atomic E-state index is 5.80. The fraction of sp³-hybridized carbons (Fsp3) is 0.500. The topological polar surface area (TPSA) is 58.4 Å². The number of ether oxygens (including phenoxy) is 3. The molecule has 1 atom stereocenters. The van der Waals surface area contributed by atoms with E-state index in [4.69, 9.17) is 14.2 Å². The first kappa shape index (κ1) is 15.0. The molecule has 1 aliphatic rings. The van der Waals surface area contributed by atoms with Crippen molar-refractivity contribution in [3.8, 4) is 5.75 Å². The van der Waals surface area contributed by atoms with E-state index in [2.05, 4.69) is 10.3 Å². The van der Waals surface area contributed by atoms with E-state index < -0.39 is 0 Å². The van der Waals surface area contributed by atoms with Crippen LogP contribution in [-0.4, -0.2) is 35.0 Å². The molecule has 0 aliphatic carbocycles. The van der Waals surface area contributed by atoms with Crippen LogP contribution in [-0.2, 0) is 22.6 Å². The molecule has 2 aromatic rings. The van der Waals surface area contributed by atoms with Crippen LogP contribution in [0.1, 0.15) is 30.5 Å². The van der Waals surface area contributed by atoms with E-state index in [-0.39, 0.29) is 6.29 Å². The first-order valence-corrected chi connectivity index (χ1v) is 7.58. The molecule has 2 heterocycles. The highest BCUT2D eigenvalue weighted by Gasteiger charge is 2.15. The van der Waals surface area contributed by atoms with E-state index in [9.17, 15) is 0 Å². The van der Waals surface area contributed by atoms with Gasteiger partial charge in [-0.2, -0.15) is 0 Å². The highest BCUT2D eigenvalue weighted by molar-refractivity contribution is 5.27. The molecule has 1 saturated heterocycles. The first-order valence-electron chi connectivity index (χ1n) is 7.58. The number of nitrogens with zero attached hydrogens (tertiary/aromatic N) is 3. The van der Waals surface area contributed by atoms with Crippen molar-refractivity contribution in [2.75, 3.05) is 13.7 Å². The Morgan fingerprint density at radius 2 is 2.14 bits per heavy atom. The van der Waals surface area contributed by atoms with Gasteiger partial charge in [0, 0.05) is 6.61 Å². The van der Waals surface area contributed by atoms with Gasteiger partial charge in [0.25, 0.3) is 0 Å². The molecule has 1 unspecified atom stereocenters. The normalized spacial score (nSPS) is 18.3. The lowest BCUT2D eigenvalue weighted by Gasteiger charge is -2.22. The van der Waals surface area contributed by atoms with Gasteiger partial charge in [0.1, 0.15) is 5.75 Å². The van der Waals surface area contributed by atoms with E-state index in [1.807, 2.05) is 28.9 Å². The molecule has 0 saturated carbocycles. The van der Waals surface area contributed by atoms with Gasteiger partial charge in [0.05, 0.1) is 32.2 Å². The number of aromatic nitrogens is 3. The second kappa shape index (κ2) is 7.38. The molecule has 6 nitrogen and oxygen atoms in total. The Balaban J connectivity index is 1.58. The molecule has 1 aromatic carbocycles. The van der Waals surface area contributed by atoms with Crippen molar-refractivity contribution < 1.29 is 14.2 Å². The summed E-state index contributed by atoms with van der Waals surface area (Å²) in [6, 6.07) is 7.93. The lowest BCUT2D eigenvalue weighted by molar-refractivity contribution is -0.169. The number of hydrogen-bond acceptors (Lipinski definition) is 5. The summed E-state index contributed by atoms with van der Waals surface area (Å²) < 4.78 is 18.4. The highest BCUT2D eigenvalue weighted by atomic mass is 16.7. The maximum absolute atomic E-state index is 5.80. The average molecular weight is 303 g/mol. The SMILES string of the molecule is COc1ccc(Cn2nncc2COC2CCCCO2)cc1. The Morgan fingerprint density at radius 3 is 2.86 bits per heavy atom. The Hall–Kier alpha value is -1.92. The van der Waals surface area contributed by atoms with Gasteiger partial charge in [-0.25, -0.2) is 4.68 Å². The summed E-state index contributed by atoms with van der Waals surface area (Å²) in [5, 5.41) is 8.12. The van der Waals surface area contributed by atoms with E-state index in [1.54, 1.807) is 13.3 Å². The molecular weight excluding hydrogens is 282 g/mol. The minimum Gasteiger partial charge on any atom is -0.497 e. The standard InChI is InChI=1S/C16H21N3O3/c1-20-15-7-5-13(6-8-15)11-19-14(10-17-18-19)12-22-16-4-2-3-9-21-16/h5-8,10,16H,2-4,9,11-12H2,1H3. The Morgan fingerprint density at radius 1 is 1.27 bits per heavy atom. The first-order chi connectivity index (χ1) is 10.8. The zero-order valence-corrected chi connectivity index (χ0v) is 12.8. The lowest BCUT2D eigenvalue weighted by Crippen LogP contribution is -2.22. The molecule has 0 radical (unpaired) electrons. The predicted molar refractivity (Wildman–Crippen MR) is 80.5 cm³/mol. The largest absolute Gasteiger partial charge is 0.497 e. The van der Waals surface area contributed by atoms with E-state index >= 15 is 0 Å². The molecule has 0 amide bonds. The summed E-state index contributed by atoms with van der Waals surface area (Å²) in [6.07, 6.45) is 4.88. The molecule has 6 heteroatoms. The zero-order valence-electron chi connectivity index (χ0n) is 12.8. The molecule has 22 heavy (non-hydrogen) atoms. The van der Waals surface area contributed by atoms with Gasteiger partial charge in [-0.05, 0) is 37.0 Å². The van der Waals surface area contributed by atoms with Crippen molar-refractivity contribution in [1.82, 2.24) is 15.0 Å². The van der Waals surface area contributed by atoms with Crippen LogP contribution in [0.15, 0.2) is 30.5 Å². The third-order valence-corrected chi connectivity index (χ3v) is 3.74. The third-order valence-electron chi connectivity index (χ3n) is 3.74. The van der Waals surface area contributed by atoms with Gasteiger partial charge < -0.3 is 14.2 Å². The molecule has 0 spiro atoms. The molecule has 118 valence electrons. The van der Waals surface area contributed by atoms with Gasteiger partial charge in [0.2, 0.25) is 0 Å². The van der Waals surface area contributed by atoms with Crippen molar-refractivity contribution in [3.05, 3.63) is 41.7 Å². The number of hydrogen-bond donors (Lipinski definition) is 0. The van der Waals surface area contributed by atoms with Crippen molar-refractivity contribution in [2.24, 2.45) is 0 Å². The van der Waals surface area contributed by atoms with Crippen LogP contribution >= 0.6 is 0 Å². The number of methoxy groups -OCH3 is 1. The van der Waals surface area contributed by atoms with Crippen molar-refractivity contribution in [3.63, 3.8) is 0 Å². The second-order valence-corrected chi connectivity index (χ2v) is 5.34. The fourth-order valence-electron chi connectivity index (χ4n) is 2.45. The molecule has 1 fully saturated rings. The Kier molecular flexibility index (Phi) is 5.03. The van der Waals surface area contributed by atoms with Crippen molar-refractivity contribution in [1.29, 1.82) is 0 Å². The molecule has 1 aromatic heterocycles. The smallest absolute Gasteiger partial charge is 0.158 e. The summed E-state index contributed by atoms with van der Waals surface area (Å²) in [4.78, 5) is 0. The minimum atomic E-state index is -0.0990. The summed E-state index contributed by atoms with van der Waals surface area (Å²) in [5.41, 5.74) is 2.09. The van der Waals surface area contributed by atoms with Crippen molar-refractivity contribution >= 4 is 0 Å². The van der Waals surface area contributed by atoms with Crippen LogP contribution in [0.3, 0.4) is 0 Å². The second-order valence-electron chi connectivity index (χ2n) is 5.34. The van der Waals surface area contributed by atoms with Crippen LogP contribution in [0.4, 0.5) is 0 Å². The monoisotopic (exact) mass is 303 g/mol. The third kappa shape index (κ3) is 3.84. The summed E-state index contributed by atoms with van der Waals surface area (Å²) >= 11 is 0. The zero-order chi connectivity index (χ0) is 15.2. The lowest BCUT2D eigenvalue weighted by atomic mass is 10.2.